The Bertz CT molecular complexity index is 1520. The molecule has 1 N–H and O–H groups in total. The minimum Gasteiger partial charge on any atom is -0.493 e. The van der Waals surface area contributed by atoms with Gasteiger partial charge in [-0.1, -0.05) is 42.5 Å². The van der Waals surface area contributed by atoms with E-state index in [0.29, 0.717) is 17.8 Å². The Labute approximate surface area is 228 Å². The third kappa shape index (κ3) is 6.31. The number of anilines is 1. The van der Waals surface area contributed by atoms with Crippen LogP contribution in [-0.2, 0) is 28.0 Å². The van der Waals surface area contributed by atoms with E-state index >= 15 is 0 Å². The van der Waals surface area contributed by atoms with Gasteiger partial charge in [0.1, 0.15) is 4.90 Å². The average Bonchev–Trinajstić information content (AvgIpc) is 2.97. The van der Waals surface area contributed by atoms with E-state index < -0.39 is 10.0 Å². The summed E-state index contributed by atoms with van der Waals surface area (Å²) in [5.74, 6) is 1.51. The Morgan fingerprint density at radius 1 is 0.872 bits per heavy atom. The number of hydroxylamine groups is 2. The molecule has 1 aliphatic heterocycles. The van der Waals surface area contributed by atoms with Crippen LogP contribution in [0.3, 0.4) is 0 Å². The molecule has 1 fully saturated rings. The number of fused-ring (bicyclic) bond motifs is 1. The Hall–Kier alpha value is -3.70. The molecular formula is C29H32N4O5S. The zero-order valence-corrected chi connectivity index (χ0v) is 22.9. The quantitative estimate of drug-likeness (QED) is 0.314. The maximum Gasteiger partial charge on any atom is 0.264 e. The number of rotatable bonds is 10. The first-order valence-electron chi connectivity index (χ1n) is 12.7. The molecule has 1 saturated heterocycles. The summed E-state index contributed by atoms with van der Waals surface area (Å²) in [4.78, 5) is 12.8. The molecule has 0 spiro atoms. The largest absolute Gasteiger partial charge is 0.493 e. The molecule has 0 amide bonds. The van der Waals surface area contributed by atoms with Gasteiger partial charge in [0.15, 0.2) is 11.5 Å². The highest BCUT2D eigenvalue weighted by Gasteiger charge is 2.21. The molecule has 39 heavy (non-hydrogen) atoms. The number of hydrogen-bond acceptors (Lipinski definition) is 8. The van der Waals surface area contributed by atoms with E-state index in [4.69, 9.17) is 14.3 Å². The van der Waals surface area contributed by atoms with Gasteiger partial charge in [0.05, 0.1) is 26.3 Å². The lowest BCUT2D eigenvalue weighted by Crippen LogP contribution is -2.45. The summed E-state index contributed by atoms with van der Waals surface area (Å²) in [5.41, 5.74) is 2.97. The van der Waals surface area contributed by atoms with Gasteiger partial charge in [0.2, 0.25) is 0 Å². The highest BCUT2D eigenvalue weighted by atomic mass is 32.2. The second-order valence-electron chi connectivity index (χ2n) is 9.26. The molecule has 1 aromatic heterocycles. The predicted molar refractivity (Wildman–Crippen MR) is 150 cm³/mol. The summed E-state index contributed by atoms with van der Waals surface area (Å²) in [7, 11) is -0.480. The maximum atomic E-state index is 13.0. The first kappa shape index (κ1) is 26.9. The summed E-state index contributed by atoms with van der Waals surface area (Å²) in [6.45, 7) is 4.48. The predicted octanol–water partition coefficient (Wildman–Crippen LogP) is 4.30. The summed E-state index contributed by atoms with van der Waals surface area (Å²) in [6.07, 6.45) is 1.59. The molecule has 5 rings (SSSR count). The molecule has 204 valence electrons. The van der Waals surface area contributed by atoms with Crippen LogP contribution in [0.4, 0.5) is 5.69 Å². The fourth-order valence-corrected chi connectivity index (χ4v) is 5.91. The number of para-hydroxylation sites is 2. The van der Waals surface area contributed by atoms with Gasteiger partial charge >= 0.3 is 0 Å². The van der Waals surface area contributed by atoms with Crippen molar-refractivity contribution in [2.45, 2.75) is 18.0 Å². The topological polar surface area (TPSA) is 93.2 Å². The van der Waals surface area contributed by atoms with Gasteiger partial charge < -0.3 is 9.47 Å². The van der Waals surface area contributed by atoms with Crippen molar-refractivity contribution < 1.29 is 22.7 Å². The smallest absolute Gasteiger partial charge is 0.264 e. The van der Waals surface area contributed by atoms with E-state index in [0.717, 1.165) is 60.7 Å². The van der Waals surface area contributed by atoms with Crippen molar-refractivity contribution in [3.05, 3.63) is 90.1 Å². The number of methoxy groups -OCH3 is 2. The molecular weight excluding hydrogens is 516 g/mol. The van der Waals surface area contributed by atoms with E-state index in [9.17, 15) is 8.42 Å². The van der Waals surface area contributed by atoms with Gasteiger partial charge in [-0.25, -0.2) is 8.42 Å². The lowest BCUT2D eigenvalue weighted by Gasteiger charge is -2.34. The van der Waals surface area contributed by atoms with Gasteiger partial charge in [-0.05, 0) is 35.9 Å². The number of hydrogen-bond donors (Lipinski definition) is 1. The SMILES string of the molecule is COc1cccc(CN2CCN(OCc3ccc(NS(=O)(=O)c4cccc5cccnc45)cc3)CC2)c1OC. The van der Waals surface area contributed by atoms with Crippen molar-refractivity contribution in [1.29, 1.82) is 0 Å². The second-order valence-corrected chi connectivity index (χ2v) is 10.9. The van der Waals surface area contributed by atoms with Crippen LogP contribution in [0, 0.1) is 0 Å². The number of benzene rings is 3. The third-order valence-corrected chi connectivity index (χ3v) is 8.13. The van der Waals surface area contributed by atoms with E-state index in [-0.39, 0.29) is 4.90 Å². The van der Waals surface area contributed by atoms with Crippen molar-refractivity contribution in [3.63, 3.8) is 0 Å². The number of aromatic nitrogens is 1. The molecule has 0 atom stereocenters. The summed E-state index contributed by atoms with van der Waals surface area (Å²) < 4.78 is 39.7. The molecule has 10 heteroatoms. The molecule has 0 saturated carbocycles. The molecule has 0 aliphatic carbocycles. The highest BCUT2D eigenvalue weighted by Crippen LogP contribution is 2.31. The number of nitrogens with one attached hydrogen (secondary N) is 1. The van der Waals surface area contributed by atoms with Crippen LogP contribution in [0.1, 0.15) is 11.1 Å². The number of ether oxygens (including phenoxy) is 2. The van der Waals surface area contributed by atoms with Gasteiger partial charge in [-0.15, -0.1) is 0 Å². The number of pyridine rings is 1. The Morgan fingerprint density at radius 2 is 1.62 bits per heavy atom. The fourth-order valence-electron chi connectivity index (χ4n) is 4.67. The fraction of sp³-hybridized carbons (Fsp3) is 0.276. The van der Waals surface area contributed by atoms with Gasteiger partial charge in [0, 0.05) is 55.6 Å². The third-order valence-electron chi connectivity index (χ3n) is 6.71. The lowest BCUT2D eigenvalue weighted by molar-refractivity contribution is -0.186. The van der Waals surface area contributed by atoms with Crippen LogP contribution >= 0.6 is 0 Å². The first-order chi connectivity index (χ1) is 19.0. The van der Waals surface area contributed by atoms with E-state index in [1.807, 2.05) is 41.5 Å². The van der Waals surface area contributed by atoms with E-state index in [2.05, 4.69) is 20.7 Å². The van der Waals surface area contributed by atoms with Crippen LogP contribution in [0.5, 0.6) is 11.5 Å². The molecule has 9 nitrogen and oxygen atoms in total. The number of sulfonamides is 1. The molecule has 4 aromatic rings. The van der Waals surface area contributed by atoms with Crippen LogP contribution in [-0.4, -0.2) is 63.8 Å². The number of piperazine rings is 1. The van der Waals surface area contributed by atoms with Gasteiger partial charge in [-0.3, -0.25) is 19.4 Å². The molecule has 0 bridgehead atoms. The maximum absolute atomic E-state index is 13.0. The minimum atomic E-state index is -3.79. The van der Waals surface area contributed by atoms with Crippen molar-refractivity contribution in [2.75, 3.05) is 45.1 Å². The monoisotopic (exact) mass is 548 g/mol. The molecule has 0 unspecified atom stereocenters. The van der Waals surface area contributed by atoms with E-state index in [1.165, 1.54) is 0 Å². The van der Waals surface area contributed by atoms with Gasteiger partial charge in [-0.2, -0.15) is 5.06 Å². The van der Waals surface area contributed by atoms with Gasteiger partial charge in [0.25, 0.3) is 10.0 Å². The lowest BCUT2D eigenvalue weighted by atomic mass is 10.1. The number of nitrogens with zero attached hydrogens (tertiary/aromatic N) is 3. The summed E-state index contributed by atoms with van der Waals surface area (Å²) in [5, 5.41) is 2.75. The Morgan fingerprint density at radius 3 is 2.36 bits per heavy atom. The normalized spacial score (nSPS) is 14.8. The minimum absolute atomic E-state index is 0.150. The van der Waals surface area contributed by atoms with E-state index in [1.54, 1.807) is 50.7 Å². The van der Waals surface area contributed by atoms with Crippen LogP contribution in [0.25, 0.3) is 10.9 Å². The zero-order chi connectivity index (χ0) is 27.2. The van der Waals surface area contributed by atoms with Crippen molar-refractivity contribution in [2.24, 2.45) is 0 Å². The zero-order valence-electron chi connectivity index (χ0n) is 22.0. The second kappa shape index (κ2) is 12.0. The van der Waals surface area contributed by atoms with Crippen molar-refractivity contribution in [3.8, 4) is 11.5 Å². The van der Waals surface area contributed by atoms with Crippen molar-refractivity contribution >= 4 is 26.6 Å². The van der Waals surface area contributed by atoms with Crippen LogP contribution in [0.2, 0.25) is 0 Å². The molecule has 0 radical (unpaired) electrons. The Kier molecular flexibility index (Phi) is 8.27. The van der Waals surface area contributed by atoms with Crippen LogP contribution in [0.15, 0.2) is 83.9 Å². The average molecular weight is 549 g/mol. The first-order valence-corrected chi connectivity index (χ1v) is 14.2. The molecule has 1 aliphatic rings. The standard InChI is InChI=1S/C29H32N4O5S/c1-36-26-9-3-7-24(29(26)37-2)20-32-16-18-33(19-17-32)38-21-22-11-13-25(14-12-22)31-39(34,35)27-10-4-6-23-8-5-15-30-28(23)27/h3-15,31H,16-21H2,1-2H3. The van der Waals surface area contributed by atoms with Crippen LogP contribution < -0.4 is 14.2 Å². The summed E-state index contributed by atoms with van der Waals surface area (Å²) >= 11 is 0. The molecule has 2 heterocycles. The molecule has 3 aromatic carbocycles. The summed E-state index contributed by atoms with van der Waals surface area (Å²) in [6, 6.07) is 21.9. The van der Waals surface area contributed by atoms with Crippen molar-refractivity contribution in [1.82, 2.24) is 14.9 Å². The highest BCUT2D eigenvalue weighted by molar-refractivity contribution is 7.93. The Balaban J connectivity index is 1.12.